The van der Waals surface area contributed by atoms with E-state index in [-0.39, 0.29) is 0 Å². The molecule has 0 radical (unpaired) electrons. The van der Waals surface area contributed by atoms with Crippen LogP contribution in [-0.4, -0.2) is 19.7 Å². The number of nitrogens with zero attached hydrogens (tertiary/aromatic N) is 5. The number of rotatable bonds is 5. The summed E-state index contributed by atoms with van der Waals surface area (Å²) < 4.78 is 2.06. The molecule has 0 aliphatic heterocycles. The van der Waals surface area contributed by atoms with Gasteiger partial charge in [0.1, 0.15) is 17.5 Å². The Hall–Kier alpha value is -2.94. The predicted octanol–water partition coefficient (Wildman–Crippen LogP) is 3.28. The lowest BCUT2D eigenvalue weighted by Crippen LogP contribution is -2.12. The summed E-state index contributed by atoms with van der Waals surface area (Å²) >= 11 is 0. The second-order valence-corrected chi connectivity index (χ2v) is 6.10. The molecule has 2 heterocycles. The van der Waals surface area contributed by atoms with Crippen molar-refractivity contribution in [1.29, 1.82) is 5.26 Å². The van der Waals surface area contributed by atoms with E-state index >= 15 is 0 Å². The van der Waals surface area contributed by atoms with Gasteiger partial charge in [0.25, 0.3) is 0 Å². The predicted molar refractivity (Wildman–Crippen MR) is 98.3 cm³/mol. The summed E-state index contributed by atoms with van der Waals surface area (Å²) in [4.78, 5) is 4.69. The molecule has 1 N–H and O–H groups in total. The molecule has 0 aliphatic rings. The zero-order valence-electron chi connectivity index (χ0n) is 15.1. The van der Waals surface area contributed by atoms with Gasteiger partial charge in [0.15, 0.2) is 5.82 Å². The Bertz CT molecular complexity index is 964. The number of nitriles is 1. The van der Waals surface area contributed by atoms with Gasteiger partial charge in [-0.1, -0.05) is 19.9 Å². The zero-order valence-corrected chi connectivity index (χ0v) is 15.1. The highest BCUT2D eigenvalue weighted by molar-refractivity contribution is 5.76. The van der Waals surface area contributed by atoms with Gasteiger partial charge in [-0.05, 0) is 43.0 Å². The molecule has 0 bridgehead atoms. The largest absolute Gasteiger partial charge is 0.360 e. The zero-order chi connectivity index (χ0) is 18.0. The van der Waals surface area contributed by atoms with Gasteiger partial charge < -0.3 is 9.88 Å². The van der Waals surface area contributed by atoms with E-state index in [9.17, 15) is 5.26 Å². The summed E-state index contributed by atoms with van der Waals surface area (Å²) in [6.07, 6.45) is 1.54. The van der Waals surface area contributed by atoms with Gasteiger partial charge in [-0.15, -0.1) is 5.10 Å². The van der Waals surface area contributed by atoms with Crippen LogP contribution in [0.3, 0.4) is 0 Å². The van der Waals surface area contributed by atoms with Crippen molar-refractivity contribution in [3.05, 3.63) is 46.4 Å². The molecule has 3 rings (SSSR count). The van der Waals surface area contributed by atoms with Gasteiger partial charge in [0, 0.05) is 7.05 Å². The quantitative estimate of drug-likeness (QED) is 0.774. The van der Waals surface area contributed by atoms with Crippen LogP contribution in [0.25, 0.3) is 11.0 Å². The van der Waals surface area contributed by atoms with Crippen molar-refractivity contribution in [2.75, 3.05) is 5.32 Å². The van der Waals surface area contributed by atoms with Crippen LogP contribution < -0.4 is 5.32 Å². The fourth-order valence-corrected chi connectivity index (χ4v) is 3.10. The normalized spacial score (nSPS) is 10.8. The van der Waals surface area contributed by atoms with Gasteiger partial charge in [0.05, 0.1) is 23.3 Å². The van der Waals surface area contributed by atoms with E-state index in [0.29, 0.717) is 17.9 Å². The third-order valence-corrected chi connectivity index (χ3v) is 4.50. The molecule has 0 saturated carbocycles. The highest BCUT2D eigenvalue weighted by atomic mass is 15.2. The number of imidazole rings is 1. The highest BCUT2D eigenvalue weighted by Gasteiger charge is 2.15. The van der Waals surface area contributed by atoms with Gasteiger partial charge in [-0.25, -0.2) is 4.98 Å². The summed E-state index contributed by atoms with van der Waals surface area (Å²) in [6, 6.07) is 8.51. The first-order chi connectivity index (χ1) is 12.1. The Balaban J connectivity index is 1.92. The maximum atomic E-state index is 9.57. The fourth-order valence-electron chi connectivity index (χ4n) is 3.10. The average Bonchev–Trinajstić information content (AvgIpc) is 2.93. The number of aryl methyl sites for hydroxylation is 3. The molecule has 0 unspecified atom stereocenters. The van der Waals surface area contributed by atoms with E-state index in [4.69, 9.17) is 0 Å². The molecule has 128 valence electrons. The van der Waals surface area contributed by atoms with Gasteiger partial charge in [0.2, 0.25) is 0 Å². The van der Waals surface area contributed by atoms with Crippen LogP contribution in [0.4, 0.5) is 5.82 Å². The van der Waals surface area contributed by atoms with E-state index in [1.54, 1.807) is 0 Å². The molecule has 0 fully saturated rings. The smallest absolute Gasteiger partial charge is 0.167 e. The number of hydrogen-bond donors (Lipinski definition) is 1. The maximum absolute atomic E-state index is 9.57. The standard InChI is InChI=1S/C19H22N6/c1-5-13-14(10-20)19(24-23-15(13)6-2)21-11-18-22-16-9-12(3)7-8-17(16)25(18)4/h7-9H,5-6,11H2,1-4H3,(H,21,24). The van der Waals surface area contributed by atoms with E-state index in [0.717, 1.165) is 41.0 Å². The van der Waals surface area contributed by atoms with Crippen molar-refractivity contribution in [3.63, 3.8) is 0 Å². The van der Waals surface area contributed by atoms with E-state index in [2.05, 4.69) is 56.3 Å². The van der Waals surface area contributed by atoms with Crippen molar-refractivity contribution in [2.24, 2.45) is 7.05 Å². The van der Waals surface area contributed by atoms with Crippen LogP contribution in [0.1, 0.15) is 42.1 Å². The van der Waals surface area contributed by atoms with E-state index in [1.807, 2.05) is 20.9 Å². The maximum Gasteiger partial charge on any atom is 0.167 e. The summed E-state index contributed by atoms with van der Waals surface area (Å²) in [7, 11) is 2.00. The molecule has 0 spiro atoms. The molecule has 3 aromatic rings. The van der Waals surface area contributed by atoms with Crippen LogP contribution in [0.15, 0.2) is 18.2 Å². The molecule has 1 aromatic carbocycles. The minimum absolute atomic E-state index is 0.488. The van der Waals surface area contributed by atoms with Crippen LogP contribution >= 0.6 is 0 Å². The molecule has 6 heteroatoms. The summed E-state index contributed by atoms with van der Waals surface area (Å²) in [5.74, 6) is 1.42. The molecular formula is C19H22N6. The molecular weight excluding hydrogens is 312 g/mol. The van der Waals surface area contributed by atoms with E-state index in [1.165, 1.54) is 5.56 Å². The number of hydrogen-bond acceptors (Lipinski definition) is 5. The number of anilines is 1. The Morgan fingerprint density at radius 1 is 1.20 bits per heavy atom. The number of fused-ring (bicyclic) bond motifs is 1. The van der Waals surface area contributed by atoms with Crippen LogP contribution in [0.5, 0.6) is 0 Å². The van der Waals surface area contributed by atoms with Gasteiger partial charge in [-0.2, -0.15) is 10.4 Å². The molecule has 0 amide bonds. The van der Waals surface area contributed by atoms with Crippen molar-refractivity contribution >= 4 is 16.9 Å². The summed E-state index contributed by atoms with van der Waals surface area (Å²) in [5, 5.41) is 21.3. The van der Waals surface area contributed by atoms with Crippen LogP contribution in [-0.2, 0) is 26.4 Å². The summed E-state index contributed by atoms with van der Waals surface area (Å²) in [5.41, 5.74) is 5.70. The molecule has 0 atom stereocenters. The van der Waals surface area contributed by atoms with Gasteiger partial charge >= 0.3 is 0 Å². The first-order valence-corrected chi connectivity index (χ1v) is 8.53. The minimum Gasteiger partial charge on any atom is -0.360 e. The second kappa shape index (κ2) is 6.89. The monoisotopic (exact) mass is 334 g/mol. The molecule has 2 aromatic heterocycles. The van der Waals surface area contributed by atoms with Crippen molar-refractivity contribution < 1.29 is 0 Å². The lowest BCUT2D eigenvalue weighted by molar-refractivity contribution is 0.820. The van der Waals surface area contributed by atoms with E-state index < -0.39 is 0 Å². The number of benzene rings is 1. The van der Waals surface area contributed by atoms with Crippen molar-refractivity contribution in [2.45, 2.75) is 40.2 Å². The molecule has 6 nitrogen and oxygen atoms in total. The number of nitrogens with one attached hydrogen (secondary N) is 1. The lowest BCUT2D eigenvalue weighted by Gasteiger charge is -2.12. The van der Waals surface area contributed by atoms with Crippen molar-refractivity contribution in [3.8, 4) is 6.07 Å². The van der Waals surface area contributed by atoms with Crippen LogP contribution in [0, 0.1) is 18.3 Å². The SMILES string of the molecule is CCc1nnc(NCc2nc3cc(C)ccc3n2C)c(C#N)c1CC. The third kappa shape index (κ3) is 3.05. The Kier molecular flexibility index (Phi) is 4.66. The Morgan fingerprint density at radius 2 is 2.00 bits per heavy atom. The Morgan fingerprint density at radius 3 is 2.68 bits per heavy atom. The minimum atomic E-state index is 0.488. The summed E-state index contributed by atoms with van der Waals surface area (Å²) in [6.45, 7) is 6.61. The fraction of sp³-hybridized carbons (Fsp3) is 0.368. The molecule has 0 aliphatic carbocycles. The molecule has 0 saturated heterocycles. The lowest BCUT2D eigenvalue weighted by atomic mass is 10.0. The average molecular weight is 334 g/mol. The number of aromatic nitrogens is 4. The first-order valence-electron chi connectivity index (χ1n) is 8.53. The van der Waals surface area contributed by atoms with Gasteiger partial charge in [-0.3, -0.25) is 0 Å². The highest BCUT2D eigenvalue weighted by Crippen LogP contribution is 2.21. The molecule has 25 heavy (non-hydrogen) atoms. The second-order valence-electron chi connectivity index (χ2n) is 6.10. The topological polar surface area (TPSA) is 79.4 Å². The first kappa shape index (κ1) is 16.9. The Labute approximate surface area is 147 Å². The third-order valence-electron chi connectivity index (χ3n) is 4.50. The van der Waals surface area contributed by atoms with Crippen molar-refractivity contribution in [1.82, 2.24) is 19.7 Å². The van der Waals surface area contributed by atoms with Crippen LogP contribution in [0.2, 0.25) is 0 Å².